The predicted octanol–water partition coefficient (Wildman–Crippen LogP) is 1.07. The third-order valence-electron chi connectivity index (χ3n) is 2.78. The largest absolute Gasteiger partial charge is 0.351 e. The van der Waals surface area contributed by atoms with Crippen LogP contribution in [-0.4, -0.2) is 24.5 Å². The highest BCUT2D eigenvalue weighted by Crippen LogP contribution is 2.44. The number of rotatable bonds is 5. The molecular weight excluding hydrogens is 176 g/mol. The van der Waals surface area contributed by atoms with Crippen molar-refractivity contribution in [3.63, 3.8) is 0 Å². The number of amides is 1. The number of hydrogen-bond donors (Lipinski definition) is 2. The van der Waals surface area contributed by atoms with Gasteiger partial charge in [0.15, 0.2) is 0 Å². The summed E-state index contributed by atoms with van der Waals surface area (Å²) in [4.78, 5) is 11.5. The van der Waals surface area contributed by atoms with Crippen LogP contribution in [0.2, 0.25) is 0 Å². The second kappa shape index (κ2) is 4.13. The van der Waals surface area contributed by atoms with E-state index in [0.29, 0.717) is 18.0 Å². The van der Waals surface area contributed by atoms with Crippen molar-refractivity contribution in [2.24, 2.45) is 5.41 Å². The molecule has 3 heteroatoms. The summed E-state index contributed by atoms with van der Waals surface area (Å²) < 4.78 is 0. The van der Waals surface area contributed by atoms with Gasteiger partial charge < -0.3 is 10.6 Å². The number of hydrogen-bond acceptors (Lipinski definition) is 2. The predicted molar refractivity (Wildman–Crippen MR) is 58.0 cm³/mol. The molecule has 0 saturated heterocycles. The van der Waals surface area contributed by atoms with E-state index in [2.05, 4.69) is 31.1 Å². The van der Waals surface area contributed by atoms with Crippen LogP contribution < -0.4 is 10.6 Å². The first-order valence-corrected chi connectivity index (χ1v) is 5.12. The summed E-state index contributed by atoms with van der Waals surface area (Å²) in [5.41, 5.74) is 0.368. The molecule has 0 bridgehead atoms. The van der Waals surface area contributed by atoms with Crippen LogP contribution in [0.3, 0.4) is 0 Å². The maximum absolute atomic E-state index is 11.5. The molecule has 0 radical (unpaired) electrons. The SMILES string of the molecule is C=CCNC(=O)C(C)NC1CC1(C)C. The molecule has 1 fully saturated rings. The first-order chi connectivity index (χ1) is 6.47. The van der Waals surface area contributed by atoms with E-state index in [0.717, 1.165) is 6.42 Å². The van der Waals surface area contributed by atoms with Gasteiger partial charge in [0.1, 0.15) is 0 Å². The third-order valence-corrected chi connectivity index (χ3v) is 2.78. The minimum absolute atomic E-state index is 0.0487. The van der Waals surface area contributed by atoms with Gasteiger partial charge in [-0.15, -0.1) is 6.58 Å². The molecule has 0 aromatic carbocycles. The average molecular weight is 196 g/mol. The maximum Gasteiger partial charge on any atom is 0.237 e. The van der Waals surface area contributed by atoms with Crippen molar-refractivity contribution in [1.29, 1.82) is 0 Å². The lowest BCUT2D eigenvalue weighted by Gasteiger charge is -2.14. The van der Waals surface area contributed by atoms with Crippen molar-refractivity contribution in [2.75, 3.05) is 6.54 Å². The normalized spacial score (nSPS) is 25.2. The van der Waals surface area contributed by atoms with E-state index in [4.69, 9.17) is 0 Å². The fourth-order valence-corrected chi connectivity index (χ4v) is 1.46. The van der Waals surface area contributed by atoms with E-state index in [-0.39, 0.29) is 11.9 Å². The monoisotopic (exact) mass is 196 g/mol. The molecule has 2 N–H and O–H groups in total. The molecule has 0 aromatic rings. The lowest BCUT2D eigenvalue weighted by molar-refractivity contribution is -0.122. The summed E-state index contributed by atoms with van der Waals surface area (Å²) in [6, 6.07) is 0.383. The van der Waals surface area contributed by atoms with E-state index in [9.17, 15) is 4.79 Å². The molecule has 1 amide bonds. The molecule has 1 aliphatic rings. The Kier molecular flexibility index (Phi) is 3.32. The van der Waals surface area contributed by atoms with Gasteiger partial charge in [0.25, 0.3) is 0 Å². The standard InChI is InChI=1S/C11H20N2O/c1-5-6-12-10(14)8(2)13-9-7-11(9,3)4/h5,8-9,13H,1,6-7H2,2-4H3,(H,12,14). The zero-order valence-electron chi connectivity index (χ0n) is 9.26. The first kappa shape index (κ1) is 11.2. The van der Waals surface area contributed by atoms with Crippen LogP contribution in [0.5, 0.6) is 0 Å². The van der Waals surface area contributed by atoms with Gasteiger partial charge in [0.05, 0.1) is 6.04 Å². The Morgan fingerprint density at radius 2 is 2.29 bits per heavy atom. The first-order valence-electron chi connectivity index (χ1n) is 5.12. The highest BCUT2D eigenvalue weighted by atomic mass is 16.2. The van der Waals surface area contributed by atoms with Crippen LogP contribution in [0.1, 0.15) is 27.2 Å². The van der Waals surface area contributed by atoms with E-state index in [1.807, 2.05) is 6.92 Å². The van der Waals surface area contributed by atoms with Crippen molar-refractivity contribution in [3.05, 3.63) is 12.7 Å². The van der Waals surface area contributed by atoms with Crippen LogP contribution in [0.4, 0.5) is 0 Å². The van der Waals surface area contributed by atoms with Gasteiger partial charge >= 0.3 is 0 Å². The van der Waals surface area contributed by atoms with E-state index < -0.39 is 0 Å². The number of carbonyl (C=O) groups is 1. The van der Waals surface area contributed by atoms with Crippen LogP contribution >= 0.6 is 0 Å². The zero-order valence-corrected chi connectivity index (χ0v) is 9.26. The summed E-state index contributed by atoms with van der Waals surface area (Å²) in [5, 5.41) is 6.08. The topological polar surface area (TPSA) is 41.1 Å². The molecule has 2 atom stereocenters. The Balaban J connectivity index is 2.24. The van der Waals surface area contributed by atoms with Gasteiger partial charge in [0.2, 0.25) is 5.91 Å². The Morgan fingerprint density at radius 3 is 2.71 bits per heavy atom. The average Bonchev–Trinajstić information content (AvgIpc) is 2.69. The molecule has 1 rings (SSSR count). The fraction of sp³-hybridized carbons (Fsp3) is 0.727. The maximum atomic E-state index is 11.5. The molecule has 14 heavy (non-hydrogen) atoms. The van der Waals surface area contributed by atoms with Crippen molar-refractivity contribution in [3.8, 4) is 0 Å². The van der Waals surface area contributed by atoms with Crippen LogP contribution in [0, 0.1) is 5.41 Å². The summed E-state index contributed by atoms with van der Waals surface area (Å²) in [7, 11) is 0. The molecule has 3 nitrogen and oxygen atoms in total. The summed E-state index contributed by atoms with van der Waals surface area (Å²) >= 11 is 0. The molecular formula is C11H20N2O. The summed E-state index contributed by atoms with van der Waals surface area (Å²) in [6.07, 6.45) is 2.85. The second-order valence-corrected chi connectivity index (χ2v) is 4.67. The van der Waals surface area contributed by atoms with Crippen molar-refractivity contribution < 1.29 is 4.79 Å². The third kappa shape index (κ3) is 2.84. The second-order valence-electron chi connectivity index (χ2n) is 4.67. The molecule has 1 saturated carbocycles. The van der Waals surface area contributed by atoms with Crippen molar-refractivity contribution >= 4 is 5.91 Å². The molecule has 0 aromatic heterocycles. The van der Waals surface area contributed by atoms with Crippen LogP contribution in [0.25, 0.3) is 0 Å². The quantitative estimate of drug-likeness (QED) is 0.646. The van der Waals surface area contributed by atoms with Gasteiger partial charge in [-0.1, -0.05) is 19.9 Å². The summed E-state index contributed by atoms with van der Waals surface area (Å²) in [5.74, 6) is 0.0487. The van der Waals surface area contributed by atoms with Crippen molar-refractivity contribution in [1.82, 2.24) is 10.6 Å². The smallest absolute Gasteiger partial charge is 0.237 e. The fourth-order valence-electron chi connectivity index (χ4n) is 1.46. The lowest BCUT2D eigenvalue weighted by Crippen LogP contribution is -2.44. The number of nitrogens with one attached hydrogen (secondary N) is 2. The van der Waals surface area contributed by atoms with Crippen molar-refractivity contribution in [2.45, 2.75) is 39.3 Å². The minimum Gasteiger partial charge on any atom is -0.351 e. The molecule has 80 valence electrons. The molecule has 2 unspecified atom stereocenters. The highest BCUT2D eigenvalue weighted by Gasteiger charge is 2.46. The van der Waals surface area contributed by atoms with Gasteiger partial charge in [-0.3, -0.25) is 4.79 Å². The Labute approximate surface area is 86.0 Å². The molecule has 0 aliphatic heterocycles. The van der Waals surface area contributed by atoms with Gasteiger partial charge in [0, 0.05) is 12.6 Å². The van der Waals surface area contributed by atoms with Gasteiger partial charge in [-0.25, -0.2) is 0 Å². The minimum atomic E-state index is -0.110. The van der Waals surface area contributed by atoms with Gasteiger partial charge in [-0.2, -0.15) is 0 Å². The Bertz CT molecular complexity index is 235. The van der Waals surface area contributed by atoms with E-state index >= 15 is 0 Å². The highest BCUT2D eigenvalue weighted by molar-refractivity contribution is 5.81. The Morgan fingerprint density at radius 1 is 1.71 bits per heavy atom. The van der Waals surface area contributed by atoms with Gasteiger partial charge in [-0.05, 0) is 18.8 Å². The lowest BCUT2D eigenvalue weighted by atomic mass is 10.2. The van der Waals surface area contributed by atoms with E-state index in [1.165, 1.54) is 0 Å². The summed E-state index contributed by atoms with van der Waals surface area (Å²) in [6.45, 7) is 10.4. The Hall–Kier alpha value is -0.830. The molecule has 0 heterocycles. The number of carbonyl (C=O) groups excluding carboxylic acids is 1. The zero-order chi connectivity index (χ0) is 10.8. The van der Waals surface area contributed by atoms with E-state index in [1.54, 1.807) is 6.08 Å². The molecule has 0 spiro atoms. The van der Waals surface area contributed by atoms with Crippen LogP contribution in [-0.2, 0) is 4.79 Å². The van der Waals surface area contributed by atoms with Crippen LogP contribution in [0.15, 0.2) is 12.7 Å². The molecule has 1 aliphatic carbocycles.